The number of benzene rings is 17. The van der Waals surface area contributed by atoms with Crippen molar-refractivity contribution in [2.75, 3.05) is 14.7 Å². The number of anilines is 9. The fourth-order valence-corrected chi connectivity index (χ4v) is 18.0. The van der Waals surface area contributed by atoms with Crippen LogP contribution in [-0.2, 0) is 0 Å². The maximum atomic E-state index is 7.85. The highest BCUT2D eigenvalue weighted by atomic mass is 16.3. The van der Waals surface area contributed by atoms with Crippen LogP contribution in [0.4, 0.5) is 51.2 Å². The van der Waals surface area contributed by atoms with Gasteiger partial charge in [0.25, 0.3) is 6.71 Å². The summed E-state index contributed by atoms with van der Waals surface area (Å²) in [4.78, 5) is 7.73. The third-order valence-corrected chi connectivity index (χ3v) is 22.6. The maximum Gasteiger partial charge on any atom is 0.252 e. The monoisotopic (exact) mass is 1390 g/mol. The lowest BCUT2D eigenvalue weighted by atomic mass is 9.33. The number of fused-ring (bicyclic) bond motifs is 14. The average Bonchev–Trinajstić information content (AvgIpc) is 1.65. The van der Waals surface area contributed by atoms with Crippen molar-refractivity contribution in [3.05, 3.63) is 400 Å². The van der Waals surface area contributed by atoms with Gasteiger partial charge in [-0.15, -0.1) is 0 Å². The van der Waals surface area contributed by atoms with Crippen LogP contribution in [0.3, 0.4) is 0 Å². The van der Waals surface area contributed by atoms with Gasteiger partial charge in [-0.1, -0.05) is 297 Å². The first kappa shape index (κ1) is 62.0. The van der Waals surface area contributed by atoms with Crippen molar-refractivity contribution >= 4 is 140 Å². The van der Waals surface area contributed by atoms with Crippen LogP contribution in [0.5, 0.6) is 0 Å². The molecule has 5 heterocycles. The van der Waals surface area contributed by atoms with Gasteiger partial charge in [-0.3, -0.25) is 0 Å². The Hall–Kier alpha value is -14.4. The molecule has 0 saturated heterocycles. The van der Waals surface area contributed by atoms with Crippen LogP contribution in [0, 0.1) is 0 Å². The molecule has 508 valence electrons. The third kappa shape index (κ3) is 9.84. The molecule has 0 radical (unpaired) electrons. The summed E-state index contributed by atoms with van der Waals surface area (Å²) in [6.07, 6.45) is 0. The van der Waals surface area contributed by atoms with Gasteiger partial charge >= 0.3 is 0 Å². The Morgan fingerprint density at radius 3 is 1.23 bits per heavy atom. The molecule has 0 spiro atoms. The summed E-state index contributed by atoms with van der Waals surface area (Å²) >= 11 is 0. The third-order valence-electron chi connectivity index (χ3n) is 22.6. The Balaban J connectivity index is 0.949. The maximum absolute atomic E-state index is 7.85. The van der Waals surface area contributed by atoms with Gasteiger partial charge in [0, 0.05) is 77.7 Å². The van der Waals surface area contributed by atoms with Gasteiger partial charge in [-0.25, -0.2) is 0 Å². The largest absolute Gasteiger partial charge is 0.454 e. The van der Waals surface area contributed by atoms with Crippen molar-refractivity contribution in [2.45, 2.75) is 0 Å². The molecule has 0 unspecified atom stereocenters. The minimum atomic E-state index is -0.415. The summed E-state index contributed by atoms with van der Waals surface area (Å²) < 4.78 is 12.9. The van der Waals surface area contributed by atoms with E-state index in [0.717, 1.165) is 189 Å². The lowest BCUT2D eigenvalue weighted by Gasteiger charge is -2.46. The van der Waals surface area contributed by atoms with Crippen molar-refractivity contribution in [3.8, 4) is 67.0 Å². The molecule has 109 heavy (non-hydrogen) atoms. The Kier molecular flexibility index (Phi) is 14.3. The quantitative estimate of drug-likeness (QED) is 0.114. The Morgan fingerprint density at radius 1 is 0.257 bits per heavy atom. The van der Waals surface area contributed by atoms with Crippen molar-refractivity contribution in [2.24, 2.45) is 0 Å². The molecular weight excluding hydrogens is 1320 g/mol. The highest BCUT2D eigenvalue weighted by Crippen LogP contribution is 2.56. The molecule has 7 heteroatoms. The molecule has 0 fully saturated rings. The second-order valence-corrected chi connectivity index (χ2v) is 28.6. The SMILES string of the molecule is c1ccc(-c2ccc3c(c2)c2cc(-c4ccccc4)ccc2n3-c2cc3c4c(c2)N(c2ccccc2-c2ccccc2)c2c(cc(N(c5ccccc5)c5ccccc5)c5c2oc2ccccc25)B4c2ccc(-n4c5ccccc5c5ccccc54)cc2N3c2c(-c3ccccc3)cccc2-c2ccccc2)cc1. The highest BCUT2D eigenvalue weighted by molar-refractivity contribution is 7.00. The molecular formula is C102H66BN5O. The van der Waals surface area contributed by atoms with E-state index in [1.54, 1.807) is 0 Å². The molecule has 3 aromatic heterocycles. The van der Waals surface area contributed by atoms with Crippen LogP contribution >= 0.6 is 0 Å². The minimum absolute atomic E-state index is 0.415. The zero-order valence-electron chi connectivity index (χ0n) is 59.3. The number of nitrogens with zero attached hydrogens (tertiary/aromatic N) is 5. The zero-order valence-corrected chi connectivity index (χ0v) is 59.3. The van der Waals surface area contributed by atoms with Crippen LogP contribution in [0.2, 0.25) is 0 Å². The summed E-state index contributed by atoms with van der Waals surface area (Å²) in [7, 11) is 0. The summed E-state index contributed by atoms with van der Waals surface area (Å²) in [5.74, 6) is 0. The van der Waals surface area contributed by atoms with Crippen molar-refractivity contribution in [1.29, 1.82) is 0 Å². The van der Waals surface area contributed by atoms with E-state index < -0.39 is 6.71 Å². The second-order valence-electron chi connectivity index (χ2n) is 28.6. The summed E-state index contributed by atoms with van der Waals surface area (Å²) in [5, 5.41) is 6.76. The van der Waals surface area contributed by atoms with E-state index >= 15 is 0 Å². The molecule has 6 nitrogen and oxygen atoms in total. The predicted molar refractivity (Wildman–Crippen MR) is 458 cm³/mol. The fourth-order valence-electron chi connectivity index (χ4n) is 18.0. The lowest BCUT2D eigenvalue weighted by molar-refractivity contribution is 0.669. The molecule has 2 aliphatic heterocycles. The van der Waals surface area contributed by atoms with Gasteiger partial charge in [0.1, 0.15) is 5.58 Å². The number of hydrogen-bond acceptors (Lipinski definition) is 4. The molecule has 20 aromatic rings. The van der Waals surface area contributed by atoms with E-state index in [0.29, 0.717) is 0 Å². The molecule has 0 aliphatic carbocycles. The first-order valence-corrected chi connectivity index (χ1v) is 37.5. The van der Waals surface area contributed by atoms with E-state index in [2.05, 4.69) is 424 Å². The van der Waals surface area contributed by atoms with Gasteiger partial charge in [0.05, 0.1) is 55.9 Å². The van der Waals surface area contributed by atoms with Crippen molar-refractivity contribution in [1.82, 2.24) is 9.13 Å². The van der Waals surface area contributed by atoms with Crippen LogP contribution in [0.15, 0.2) is 405 Å². The fraction of sp³-hybridized carbons (Fsp3) is 0. The van der Waals surface area contributed by atoms with Crippen molar-refractivity contribution in [3.63, 3.8) is 0 Å². The first-order valence-electron chi connectivity index (χ1n) is 37.5. The molecule has 0 N–H and O–H groups in total. The van der Waals surface area contributed by atoms with Crippen LogP contribution in [-0.4, -0.2) is 15.8 Å². The molecule has 17 aromatic carbocycles. The summed E-state index contributed by atoms with van der Waals surface area (Å²) in [5.41, 5.74) is 32.0. The van der Waals surface area contributed by atoms with Gasteiger partial charge in [0.15, 0.2) is 5.58 Å². The number of furan rings is 1. The van der Waals surface area contributed by atoms with Crippen molar-refractivity contribution < 1.29 is 4.42 Å². The molecule has 22 rings (SSSR count). The van der Waals surface area contributed by atoms with Gasteiger partial charge in [-0.2, -0.15) is 0 Å². The Labute approximate surface area is 631 Å². The Bertz CT molecular complexity index is 6730. The summed E-state index contributed by atoms with van der Waals surface area (Å²) in [6.45, 7) is -0.415. The first-order chi connectivity index (χ1) is 54.1. The van der Waals surface area contributed by atoms with Crippen LogP contribution in [0.25, 0.3) is 133 Å². The molecule has 0 saturated carbocycles. The standard InChI is InChI=1S/C102H66BN5O/c1-8-31-67(32-9-1)72-55-59-91-84(61-72)85-62-73(68-33-10-2-11-34-68)56-60-92(85)106(91)77-64-95-99-96(65-77)108(100-79(70-37-14-4-15-38-70)49-30-50-80(100)71-39-16-5-17-40-71)93-63-76(105-89-52-27-23-46-81(89)82-47-24-28-53-90(82)105)57-58-86(93)103(99)87-66-94(104(74-41-18-6-19-42-74)75-43-20-7-21-44-75)98-83-48-25-29-54-97(83)109-102(98)101(87)107(95)88-51-26-22-45-78(88)69-35-12-3-13-36-69/h1-66H. The van der Waals surface area contributed by atoms with E-state index in [1.807, 2.05) is 0 Å². The normalized spacial score (nSPS) is 12.3. The van der Waals surface area contributed by atoms with Gasteiger partial charge in [-0.05, 0) is 158 Å². The number of aromatic nitrogens is 2. The Morgan fingerprint density at radius 2 is 0.679 bits per heavy atom. The topological polar surface area (TPSA) is 32.7 Å². The van der Waals surface area contributed by atoms with Crippen LogP contribution < -0.4 is 31.1 Å². The minimum Gasteiger partial charge on any atom is -0.454 e. The number of hydrogen-bond donors (Lipinski definition) is 0. The van der Waals surface area contributed by atoms with E-state index in [9.17, 15) is 0 Å². The summed E-state index contributed by atoms with van der Waals surface area (Å²) in [6, 6.07) is 148. The second kappa shape index (κ2) is 25.2. The van der Waals surface area contributed by atoms with Gasteiger partial charge < -0.3 is 28.3 Å². The van der Waals surface area contributed by atoms with Crippen LogP contribution in [0.1, 0.15) is 0 Å². The van der Waals surface area contributed by atoms with E-state index in [4.69, 9.17) is 4.42 Å². The smallest absolute Gasteiger partial charge is 0.252 e. The molecule has 0 amide bonds. The lowest BCUT2D eigenvalue weighted by Crippen LogP contribution is -2.61. The molecule has 0 bridgehead atoms. The number of rotatable bonds is 12. The number of para-hydroxylation sites is 7. The zero-order chi connectivity index (χ0) is 71.6. The molecule has 0 atom stereocenters. The van der Waals surface area contributed by atoms with Gasteiger partial charge in [0.2, 0.25) is 0 Å². The van der Waals surface area contributed by atoms with E-state index in [1.165, 1.54) is 10.8 Å². The predicted octanol–water partition coefficient (Wildman–Crippen LogP) is 25.7. The van der Waals surface area contributed by atoms with E-state index in [-0.39, 0.29) is 0 Å². The molecule has 2 aliphatic rings. The average molecular weight is 1390 g/mol. The highest BCUT2D eigenvalue weighted by Gasteiger charge is 2.47.